The molecule has 0 bridgehead atoms. The molecule has 0 spiro atoms. The molecule has 2 rings (SSSR count). The summed E-state index contributed by atoms with van der Waals surface area (Å²) in [6.45, 7) is 0. The molecule has 0 aliphatic carbocycles. The molecule has 0 fully saturated rings. The average Bonchev–Trinajstić information content (AvgIpc) is 2.48. The monoisotopic (exact) mass is 302 g/mol. The van der Waals surface area contributed by atoms with E-state index in [-0.39, 0.29) is 16.4 Å². The second kappa shape index (κ2) is 6.67. The van der Waals surface area contributed by atoms with Crippen molar-refractivity contribution in [3.63, 3.8) is 0 Å². The number of nitrogens with zero attached hydrogens (tertiary/aromatic N) is 1. The van der Waals surface area contributed by atoms with E-state index in [9.17, 15) is 14.9 Å². The van der Waals surface area contributed by atoms with Gasteiger partial charge in [-0.15, -0.1) is 0 Å². The topological polar surface area (TPSA) is 72.2 Å². The number of para-hydroxylation sites is 2. The van der Waals surface area contributed by atoms with Crippen LogP contribution in [0.4, 0.5) is 11.4 Å². The van der Waals surface area contributed by atoms with Gasteiger partial charge in [0.25, 0.3) is 11.6 Å². The quantitative estimate of drug-likeness (QED) is 0.530. The van der Waals surface area contributed by atoms with Crippen LogP contribution in [-0.2, 0) is 4.79 Å². The van der Waals surface area contributed by atoms with Crippen LogP contribution < -0.4 is 5.32 Å². The van der Waals surface area contributed by atoms with Gasteiger partial charge in [0, 0.05) is 6.07 Å². The third-order valence-electron chi connectivity index (χ3n) is 2.66. The lowest BCUT2D eigenvalue weighted by molar-refractivity contribution is -0.383. The molecule has 0 unspecified atom stereocenters. The first-order chi connectivity index (χ1) is 10.1. The number of amides is 1. The molecule has 6 heteroatoms. The number of nitro groups is 1. The second-order valence-electron chi connectivity index (χ2n) is 4.13. The summed E-state index contributed by atoms with van der Waals surface area (Å²) in [7, 11) is 0. The Labute approximate surface area is 126 Å². The molecule has 0 aliphatic heterocycles. The minimum absolute atomic E-state index is 0.0562. The number of benzene rings is 2. The lowest BCUT2D eigenvalue weighted by Gasteiger charge is -2.05. The average molecular weight is 303 g/mol. The molecule has 0 heterocycles. The normalized spacial score (nSPS) is 11.0. The summed E-state index contributed by atoms with van der Waals surface area (Å²) in [5.74, 6) is -0.602. The smallest absolute Gasteiger partial charge is 0.292 e. The number of anilines is 1. The molecule has 21 heavy (non-hydrogen) atoms. The lowest BCUT2D eigenvalue weighted by Crippen LogP contribution is -2.12. The highest BCUT2D eigenvalue weighted by atomic mass is 35.5. The number of halogens is 1. The Morgan fingerprint density at radius 1 is 1.10 bits per heavy atom. The molecule has 2 aromatic rings. The van der Waals surface area contributed by atoms with Crippen LogP contribution in [-0.4, -0.2) is 10.8 Å². The fourth-order valence-corrected chi connectivity index (χ4v) is 1.85. The van der Waals surface area contributed by atoms with Crippen molar-refractivity contribution < 1.29 is 9.72 Å². The van der Waals surface area contributed by atoms with Gasteiger partial charge in [0.1, 0.15) is 10.7 Å². The third-order valence-corrected chi connectivity index (χ3v) is 2.94. The highest BCUT2D eigenvalue weighted by Crippen LogP contribution is 2.24. The van der Waals surface area contributed by atoms with Crippen molar-refractivity contribution in [3.05, 3.63) is 75.3 Å². The Morgan fingerprint density at radius 3 is 2.38 bits per heavy atom. The zero-order valence-corrected chi connectivity index (χ0v) is 11.6. The van der Waals surface area contributed by atoms with Gasteiger partial charge in [-0.3, -0.25) is 14.9 Å². The first-order valence-electron chi connectivity index (χ1n) is 6.05. The maximum Gasteiger partial charge on any atom is 0.292 e. The maximum atomic E-state index is 12.0. The van der Waals surface area contributed by atoms with E-state index in [4.69, 9.17) is 11.6 Å². The van der Waals surface area contributed by atoms with Gasteiger partial charge in [0.15, 0.2) is 0 Å². The Balaban J connectivity index is 2.19. The molecular weight excluding hydrogens is 292 g/mol. The van der Waals surface area contributed by atoms with Crippen LogP contribution >= 0.6 is 11.6 Å². The van der Waals surface area contributed by atoms with E-state index in [2.05, 4.69) is 5.32 Å². The van der Waals surface area contributed by atoms with Crippen molar-refractivity contribution in [2.75, 3.05) is 5.32 Å². The van der Waals surface area contributed by atoms with E-state index in [0.717, 1.165) is 5.56 Å². The highest BCUT2D eigenvalue weighted by Gasteiger charge is 2.16. The fraction of sp³-hybridized carbons (Fsp3) is 0. The second-order valence-corrected chi connectivity index (χ2v) is 4.54. The summed E-state index contributed by atoms with van der Waals surface area (Å²) in [4.78, 5) is 22.3. The Bertz CT molecular complexity index is 699. The van der Waals surface area contributed by atoms with Crippen LogP contribution in [0.2, 0.25) is 0 Å². The summed E-state index contributed by atoms with van der Waals surface area (Å²) in [5, 5.41) is 13.2. The Kier molecular flexibility index (Phi) is 4.68. The number of hydrogen-bond acceptors (Lipinski definition) is 3. The fourth-order valence-electron chi connectivity index (χ4n) is 1.68. The molecule has 0 saturated heterocycles. The zero-order chi connectivity index (χ0) is 15.2. The van der Waals surface area contributed by atoms with Gasteiger partial charge in [-0.05, 0) is 17.7 Å². The van der Waals surface area contributed by atoms with E-state index in [1.54, 1.807) is 18.2 Å². The van der Waals surface area contributed by atoms with Gasteiger partial charge in [-0.1, -0.05) is 54.1 Å². The highest BCUT2D eigenvalue weighted by molar-refractivity contribution is 6.45. The third kappa shape index (κ3) is 3.90. The summed E-state index contributed by atoms with van der Waals surface area (Å²) >= 11 is 5.93. The van der Waals surface area contributed by atoms with E-state index >= 15 is 0 Å². The number of nitro benzene ring substituents is 1. The van der Waals surface area contributed by atoms with Crippen molar-refractivity contribution in [1.29, 1.82) is 0 Å². The number of nitrogens with one attached hydrogen (secondary N) is 1. The minimum Gasteiger partial charge on any atom is -0.315 e. The molecule has 0 aromatic heterocycles. The minimum atomic E-state index is -0.602. The SMILES string of the molecule is O=C(Nc1ccccc1[N+](=O)[O-])/C(Cl)=C/c1ccccc1. The number of carbonyl (C=O) groups is 1. The van der Waals surface area contributed by atoms with Gasteiger partial charge in [-0.2, -0.15) is 0 Å². The van der Waals surface area contributed by atoms with Crippen LogP contribution in [0.1, 0.15) is 5.56 Å². The van der Waals surface area contributed by atoms with Crippen molar-refractivity contribution in [2.45, 2.75) is 0 Å². The molecule has 0 aliphatic rings. The van der Waals surface area contributed by atoms with Crippen molar-refractivity contribution in [3.8, 4) is 0 Å². The van der Waals surface area contributed by atoms with E-state index in [1.807, 2.05) is 18.2 Å². The van der Waals surface area contributed by atoms with Gasteiger partial charge in [0.2, 0.25) is 0 Å². The molecule has 1 amide bonds. The molecule has 1 N–H and O–H groups in total. The van der Waals surface area contributed by atoms with Crippen LogP contribution in [0.3, 0.4) is 0 Å². The number of rotatable bonds is 4. The van der Waals surface area contributed by atoms with Gasteiger partial charge < -0.3 is 5.32 Å². The Morgan fingerprint density at radius 2 is 1.71 bits per heavy atom. The molecule has 0 atom stereocenters. The summed E-state index contributed by atoms with van der Waals surface area (Å²) in [5.41, 5.74) is 0.683. The largest absolute Gasteiger partial charge is 0.315 e. The molecule has 2 aromatic carbocycles. The number of carbonyl (C=O) groups excluding carboxylic acids is 1. The van der Waals surface area contributed by atoms with E-state index in [0.29, 0.717) is 0 Å². The van der Waals surface area contributed by atoms with Crippen molar-refractivity contribution in [2.24, 2.45) is 0 Å². The van der Waals surface area contributed by atoms with Gasteiger partial charge in [0.05, 0.1) is 4.92 Å². The van der Waals surface area contributed by atoms with E-state index < -0.39 is 10.8 Å². The van der Waals surface area contributed by atoms with Crippen molar-refractivity contribution in [1.82, 2.24) is 0 Å². The summed E-state index contributed by atoms with van der Waals surface area (Å²) in [6, 6.07) is 14.9. The predicted molar refractivity (Wildman–Crippen MR) is 82.0 cm³/mol. The molecule has 0 radical (unpaired) electrons. The first kappa shape index (κ1) is 14.7. The van der Waals surface area contributed by atoms with Gasteiger partial charge in [-0.25, -0.2) is 0 Å². The molecule has 5 nitrogen and oxygen atoms in total. The van der Waals surface area contributed by atoms with Crippen LogP contribution in [0.5, 0.6) is 0 Å². The van der Waals surface area contributed by atoms with E-state index in [1.165, 1.54) is 24.3 Å². The maximum absolute atomic E-state index is 12.0. The lowest BCUT2D eigenvalue weighted by atomic mass is 10.2. The van der Waals surface area contributed by atoms with Crippen LogP contribution in [0.25, 0.3) is 6.08 Å². The molecule has 106 valence electrons. The predicted octanol–water partition coefficient (Wildman–Crippen LogP) is 3.81. The van der Waals surface area contributed by atoms with Crippen molar-refractivity contribution >= 4 is 35.0 Å². The Hall–Kier alpha value is -2.66. The summed E-state index contributed by atoms with van der Waals surface area (Å²) < 4.78 is 0. The standard InChI is InChI=1S/C15H11ClN2O3/c16-12(10-11-6-2-1-3-7-11)15(19)17-13-8-4-5-9-14(13)18(20)21/h1-10H,(H,17,19)/b12-10-. The first-order valence-corrected chi connectivity index (χ1v) is 6.43. The number of hydrogen-bond donors (Lipinski definition) is 1. The van der Waals surface area contributed by atoms with Crippen LogP contribution in [0, 0.1) is 10.1 Å². The summed E-state index contributed by atoms with van der Waals surface area (Å²) in [6.07, 6.45) is 1.49. The van der Waals surface area contributed by atoms with Crippen LogP contribution in [0.15, 0.2) is 59.6 Å². The zero-order valence-electron chi connectivity index (χ0n) is 10.8. The molecular formula is C15H11ClN2O3. The van der Waals surface area contributed by atoms with Gasteiger partial charge >= 0.3 is 0 Å². The molecule has 0 saturated carbocycles.